The second kappa shape index (κ2) is 4.83. The van der Waals surface area contributed by atoms with E-state index in [1.54, 1.807) is 6.07 Å². The molecule has 2 rings (SSSR count). The third-order valence-corrected chi connectivity index (χ3v) is 2.48. The molecule has 1 fully saturated rings. The molecule has 1 aliphatic carbocycles. The number of amides is 2. The summed E-state index contributed by atoms with van der Waals surface area (Å²) < 4.78 is 4.77. The van der Waals surface area contributed by atoms with Crippen LogP contribution in [0.2, 0.25) is 0 Å². The Bertz CT molecular complexity index is 369. The predicted octanol–water partition coefficient (Wildman–Crippen LogP) is 0.536. The smallest absolute Gasteiger partial charge is 0.254 e. The first-order valence-electron chi connectivity index (χ1n) is 5.33. The highest BCUT2D eigenvalue weighted by molar-refractivity contribution is 5.96. The fourth-order valence-electron chi connectivity index (χ4n) is 1.30. The first-order valence-corrected chi connectivity index (χ1v) is 5.33. The second-order valence-corrected chi connectivity index (χ2v) is 3.94. The highest BCUT2D eigenvalue weighted by Crippen LogP contribution is 2.27. The molecule has 0 radical (unpaired) electrons. The average Bonchev–Trinajstić information content (AvgIpc) is 2.95. The summed E-state index contributed by atoms with van der Waals surface area (Å²) in [6, 6.07) is 1.55. The molecule has 5 nitrogen and oxygen atoms in total. The Kier molecular flexibility index (Phi) is 3.24. The minimum atomic E-state index is -0.296. The van der Waals surface area contributed by atoms with E-state index in [2.05, 4.69) is 10.6 Å². The Hall–Kier alpha value is -1.78. The summed E-state index contributed by atoms with van der Waals surface area (Å²) >= 11 is 0. The lowest BCUT2D eigenvalue weighted by atomic mass is 10.3. The van der Waals surface area contributed by atoms with E-state index >= 15 is 0 Å². The summed E-state index contributed by atoms with van der Waals surface area (Å²) in [5, 5.41) is 5.29. The zero-order valence-corrected chi connectivity index (χ0v) is 8.86. The molecule has 1 saturated carbocycles. The SMILES string of the molecule is O=C(CNC(=O)c1ccoc1)NCC1CC1. The van der Waals surface area contributed by atoms with E-state index in [1.165, 1.54) is 25.4 Å². The first-order chi connectivity index (χ1) is 7.75. The van der Waals surface area contributed by atoms with Crippen molar-refractivity contribution in [2.45, 2.75) is 12.8 Å². The van der Waals surface area contributed by atoms with Gasteiger partial charge in [0.2, 0.25) is 5.91 Å². The maximum Gasteiger partial charge on any atom is 0.254 e. The number of nitrogens with one attached hydrogen (secondary N) is 2. The second-order valence-electron chi connectivity index (χ2n) is 3.94. The van der Waals surface area contributed by atoms with Gasteiger partial charge >= 0.3 is 0 Å². The molecule has 16 heavy (non-hydrogen) atoms. The Labute approximate surface area is 93.2 Å². The number of hydrogen-bond donors (Lipinski definition) is 2. The molecule has 86 valence electrons. The molecule has 1 aromatic heterocycles. The number of carbonyl (C=O) groups excluding carboxylic acids is 2. The van der Waals surface area contributed by atoms with Crippen LogP contribution in [0.15, 0.2) is 23.0 Å². The molecule has 2 amide bonds. The van der Waals surface area contributed by atoms with E-state index in [4.69, 9.17) is 4.42 Å². The lowest BCUT2D eigenvalue weighted by Gasteiger charge is -2.04. The van der Waals surface area contributed by atoms with E-state index in [1.807, 2.05) is 0 Å². The highest BCUT2D eigenvalue weighted by Gasteiger charge is 2.21. The number of rotatable bonds is 5. The molecule has 0 bridgehead atoms. The van der Waals surface area contributed by atoms with Gasteiger partial charge in [0.1, 0.15) is 6.26 Å². The fourth-order valence-corrected chi connectivity index (χ4v) is 1.30. The quantitative estimate of drug-likeness (QED) is 0.763. The van der Waals surface area contributed by atoms with Gasteiger partial charge in [-0.05, 0) is 24.8 Å². The lowest BCUT2D eigenvalue weighted by molar-refractivity contribution is -0.120. The van der Waals surface area contributed by atoms with Gasteiger partial charge in [-0.1, -0.05) is 0 Å². The van der Waals surface area contributed by atoms with Crippen molar-refractivity contribution < 1.29 is 14.0 Å². The topological polar surface area (TPSA) is 71.3 Å². The van der Waals surface area contributed by atoms with Crippen molar-refractivity contribution in [2.24, 2.45) is 5.92 Å². The van der Waals surface area contributed by atoms with Gasteiger partial charge in [-0.25, -0.2) is 0 Å². The molecule has 0 aromatic carbocycles. The van der Waals surface area contributed by atoms with Gasteiger partial charge in [-0.2, -0.15) is 0 Å². The van der Waals surface area contributed by atoms with Gasteiger partial charge in [0.05, 0.1) is 18.4 Å². The lowest BCUT2D eigenvalue weighted by Crippen LogP contribution is -2.37. The van der Waals surface area contributed by atoms with Crippen molar-refractivity contribution in [3.63, 3.8) is 0 Å². The van der Waals surface area contributed by atoms with Crippen LogP contribution < -0.4 is 10.6 Å². The van der Waals surface area contributed by atoms with Gasteiger partial charge in [0.25, 0.3) is 5.91 Å². The Morgan fingerprint density at radius 3 is 2.81 bits per heavy atom. The van der Waals surface area contributed by atoms with Crippen molar-refractivity contribution in [3.05, 3.63) is 24.2 Å². The van der Waals surface area contributed by atoms with Gasteiger partial charge in [0, 0.05) is 6.54 Å². The van der Waals surface area contributed by atoms with Crippen LogP contribution in [0.5, 0.6) is 0 Å². The Morgan fingerprint density at radius 2 is 2.19 bits per heavy atom. The van der Waals surface area contributed by atoms with Crippen LogP contribution in [0.4, 0.5) is 0 Å². The van der Waals surface area contributed by atoms with Crippen LogP contribution in [0.25, 0.3) is 0 Å². The van der Waals surface area contributed by atoms with Gasteiger partial charge in [-0.15, -0.1) is 0 Å². The summed E-state index contributed by atoms with van der Waals surface area (Å²) in [7, 11) is 0. The third-order valence-electron chi connectivity index (χ3n) is 2.48. The molecule has 0 aliphatic heterocycles. The van der Waals surface area contributed by atoms with E-state index in [0.29, 0.717) is 11.5 Å². The average molecular weight is 222 g/mol. The molecule has 0 spiro atoms. The summed E-state index contributed by atoms with van der Waals surface area (Å²) in [6.07, 6.45) is 5.16. The minimum absolute atomic E-state index is 0.0106. The molecule has 0 atom stereocenters. The highest BCUT2D eigenvalue weighted by atomic mass is 16.3. The summed E-state index contributed by atoms with van der Waals surface area (Å²) in [5.41, 5.74) is 0.426. The molecule has 1 heterocycles. The predicted molar refractivity (Wildman–Crippen MR) is 56.8 cm³/mol. The maximum atomic E-state index is 11.4. The molecule has 0 saturated heterocycles. The Morgan fingerprint density at radius 1 is 1.38 bits per heavy atom. The van der Waals surface area contributed by atoms with E-state index in [-0.39, 0.29) is 18.4 Å². The normalized spacial score (nSPS) is 14.5. The largest absolute Gasteiger partial charge is 0.472 e. The monoisotopic (exact) mass is 222 g/mol. The summed E-state index contributed by atoms with van der Waals surface area (Å²) in [6.45, 7) is 0.733. The van der Waals surface area contributed by atoms with Crippen molar-refractivity contribution >= 4 is 11.8 Å². The van der Waals surface area contributed by atoms with Gasteiger partial charge < -0.3 is 15.1 Å². The van der Waals surface area contributed by atoms with Crippen LogP contribution in [0, 0.1) is 5.92 Å². The van der Waals surface area contributed by atoms with Crippen LogP contribution >= 0.6 is 0 Å². The summed E-state index contributed by atoms with van der Waals surface area (Å²) in [4.78, 5) is 22.7. The standard InChI is InChI=1S/C11H14N2O3/c14-10(12-5-8-1-2-8)6-13-11(15)9-3-4-16-7-9/h3-4,7-8H,1-2,5-6H2,(H,12,14)(H,13,15). The number of carbonyl (C=O) groups is 2. The molecule has 0 unspecified atom stereocenters. The molecule has 5 heteroatoms. The molecule has 1 aromatic rings. The van der Waals surface area contributed by atoms with Crippen molar-refractivity contribution in [2.75, 3.05) is 13.1 Å². The summed E-state index contributed by atoms with van der Waals surface area (Å²) in [5.74, 6) is 0.201. The van der Waals surface area contributed by atoms with Crippen LogP contribution in [-0.4, -0.2) is 24.9 Å². The van der Waals surface area contributed by atoms with Crippen molar-refractivity contribution in [1.29, 1.82) is 0 Å². The zero-order chi connectivity index (χ0) is 11.4. The molecular formula is C11H14N2O3. The van der Waals surface area contributed by atoms with Crippen molar-refractivity contribution in [3.8, 4) is 0 Å². The molecule has 2 N–H and O–H groups in total. The number of furan rings is 1. The van der Waals surface area contributed by atoms with Crippen LogP contribution in [0.3, 0.4) is 0 Å². The Balaban J connectivity index is 1.66. The van der Waals surface area contributed by atoms with E-state index in [9.17, 15) is 9.59 Å². The van der Waals surface area contributed by atoms with Crippen LogP contribution in [0.1, 0.15) is 23.2 Å². The zero-order valence-electron chi connectivity index (χ0n) is 8.86. The van der Waals surface area contributed by atoms with E-state index in [0.717, 1.165) is 6.54 Å². The van der Waals surface area contributed by atoms with Gasteiger partial charge in [0.15, 0.2) is 0 Å². The maximum absolute atomic E-state index is 11.4. The fraction of sp³-hybridized carbons (Fsp3) is 0.455. The molecular weight excluding hydrogens is 208 g/mol. The number of hydrogen-bond acceptors (Lipinski definition) is 3. The first kappa shape index (κ1) is 10.7. The van der Waals surface area contributed by atoms with Crippen LogP contribution in [-0.2, 0) is 4.79 Å². The van der Waals surface area contributed by atoms with Gasteiger partial charge in [-0.3, -0.25) is 9.59 Å². The minimum Gasteiger partial charge on any atom is -0.472 e. The van der Waals surface area contributed by atoms with E-state index < -0.39 is 0 Å². The molecule has 1 aliphatic rings. The van der Waals surface area contributed by atoms with Crippen molar-refractivity contribution in [1.82, 2.24) is 10.6 Å². The third kappa shape index (κ3) is 3.12.